The van der Waals surface area contributed by atoms with Crippen molar-refractivity contribution in [1.82, 2.24) is 19.8 Å². The summed E-state index contributed by atoms with van der Waals surface area (Å²) in [6.45, 7) is 5.46. The van der Waals surface area contributed by atoms with Gasteiger partial charge in [-0.05, 0) is 100 Å². The molecule has 0 aliphatic carbocycles. The highest BCUT2D eigenvalue weighted by molar-refractivity contribution is 7.88. The van der Waals surface area contributed by atoms with Gasteiger partial charge in [0.25, 0.3) is 5.91 Å². The van der Waals surface area contributed by atoms with E-state index in [-0.39, 0.29) is 96.5 Å². The molecule has 3 aliphatic heterocycles. The number of amides is 5. The number of nitrogens with zero attached hydrogens (tertiary/aromatic N) is 2. The first-order valence-electron chi connectivity index (χ1n) is 23.2. The number of sulfonamides is 1. The van der Waals surface area contributed by atoms with Crippen LogP contribution in [0.15, 0.2) is 66.7 Å². The number of hydrogen-bond donors (Lipinski definition) is 6. The van der Waals surface area contributed by atoms with Gasteiger partial charge in [0.1, 0.15) is 16.7 Å². The maximum Gasteiger partial charge on any atom is 0.352 e. The number of nitrogens with one attached hydrogen (secondary N) is 5. The number of esters is 1. The van der Waals surface area contributed by atoms with Gasteiger partial charge in [-0.3, -0.25) is 29.3 Å². The molecular weight excluding hydrogens is 978 g/mol. The van der Waals surface area contributed by atoms with E-state index in [0.29, 0.717) is 70.7 Å². The second-order valence-electron chi connectivity index (χ2n) is 18.4. The molecule has 2 saturated heterocycles. The third-order valence-corrected chi connectivity index (χ3v) is 15.3. The normalized spacial score (nSPS) is 16.5. The molecule has 22 heteroatoms. The molecule has 7 rings (SSSR count). The van der Waals surface area contributed by atoms with Crippen molar-refractivity contribution in [2.75, 3.05) is 48.7 Å². The fourth-order valence-electron chi connectivity index (χ4n) is 8.46. The standard InChI is InChI=1S/C49H56ClN7O12S2/c1-49(2,3)69-48(65)45-43(68-27-41(61)62)42(50)44(70-45)30-10-7-12-33(24-30)53-31-18-21-56(22-19-31)71(66,67)28-29-9-6-11-32(23-29)54-38(58)15-4-5-20-51-40(60)25-52-36-14-8-13-34-35(36)26-57(47(34)64)37-16-17-39(59)55-46(37)63/h6-14,23-24,31,37,52-53H,4-5,15-22,25-28H2,1-3H3,(H,51,60)(H,54,58)(H,61,62)(H,55,59,63). The van der Waals surface area contributed by atoms with Crippen LogP contribution < -0.4 is 31.3 Å². The van der Waals surface area contributed by atoms with E-state index in [1.54, 1.807) is 69.3 Å². The van der Waals surface area contributed by atoms with Crippen molar-refractivity contribution in [3.63, 3.8) is 0 Å². The molecule has 378 valence electrons. The van der Waals surface area contributed by atoms with Crippen LogP contribution in [0.3, 0.4) is 0 Å². The van der Waals surface area contributed by atoms with Crippen LogP contribution in [-0.4, -0.2) is 115 Å². The van der Waals surface area contributed by atoms with Gasteiger partial charge in [0.15, 0.2) is 17.2 Å². The van der Waals surface area contributed by atoms with Crippen LogP contribution in [0.4, 0.5) is 17.1 Å². The van der Waals surface area contributed by atoms with Crippen molar-refractivity contribution in [3.8, 4) is 16.2 Å². The second kappa shape index (κ2) is 22.7. The largest absolute Gasteiger partial charge is 0.479 e. The molecule has 71 heavy (non-hydrogen) atoms. The highest BCUT2D eigenvalue weighted by Gasteiger charge is 2.40. The van der Waals surface area contributed by atoms with Gasteiger partial charge in [0, 0.05) is 73.3 Å². The Morgan fingerprint density at radius 2 is 1.66 bits per heavy atom. The Bertz CT molecular complexity index is 2820. The van der Waals surface area contributed by atoms with Crippen LogP contribution in [-0.2, 0) is 51.0 Å². The molecule has 0 saturated carbocycles. The number of thiophene rings is 1. The number of carbonyl (C=O) groups excluding carboxylic acids is 6. The van der Waals surface area contributed by atoms with E-state index >= 15 is 0 Å². The predicted molar refractivity (Wildman–Crippen MR) is 267 cm³/mol. The monoisotopic (exact) mass is 1030 g/mol. The van der Waals surface area contributed by atoms with Crippen molar-refractivity contribution < 1.29 is 56.6 Å². The van der Waals surface area contributed by atoms with E-state index < -0.39 is 46.1 Å². The fraction of sp³-hybridized carbons (Fsp3) is 0.408. The number of piperidine rings is 2. The van der Waals surface area contributed by atoms with E-state index in [2.05, 4.69) is 26.6 Å². The highest BCUT2D eigenvalue weighted by Crippen LogP contribution is 2.46. The number of carboxylic acids is 1. The highest BCUT2D eigenvalue weighted by atomic mass is 35.5. The summed E-state index contributed by atoms with van der Waals surface area (Å²) in [6, 6.07) is 18.4. The molecule has 0 spiro atoms. The Morgan fingerprint density at radius 3 is 2.39 bits per heavy atom. The lowest BCUT2D eigenvalue weighted by Gasteiger charge is -2.32. The number of rotatable bonds is 20. The maximum atomic E-state index is 13.6. The Balaban J connectivity index is 0.825. The van der Waals surface area contributed by atoms with Crippen molar-refractivity contribution in [2.45, 2.75) is 95.7 Å². The number of carbonyl (C=O) groups is 7. The average Bonchev–Trinajstić information content (AvgIpc) is 3.82. The first kappa shape index (κ1) is 52.3. The zero-order chi connectivity index (χ0) is 51.0. The molecule has 3 aromatic carbocycles. The first-order chi connectivity index (χ1) is 33.7. The molecule has 0 bridgehead atoms. The Morgan fingerprint density at radius 1 is 0.930 bits per heavy atom. The lowest BCUT2D eigenvalue weighted by Crippen LogP contribution is -2.52. The number of imide groups is 1. The molecule has 6 N–H and O–H groups in total. The minimum absolute atomic E-state index is 0.0446. The van der Waals surface area contributed by atoms with Crippen LogP contribution >= 0.6 is 22.9 Å². The van der Waals surface area contributed by atoms with Crippen LogP contribution in [0.2, 0.25) is 5.02 Å². The molecular formula is C49H56ClN7O12S2. The smallest absolute Gasteiger partial charge is 0.352 e. The number of benzene rings is 3. The SMILES string of the molecule is CC(C)(C)OC(=O)c1sc(-c2cccc(NC3CCN(S(=O)(=O)Cc4cccc(NC(=O)CCCCNC(=O)CNc5cccc6c5CN(C5CCC(=O)NC5=O)C6=O)c4)CC3)c2)c(Cl)c1OCC(=O)O. The number of fused-ring (bicyclic) bond motifs is 1. The molecule has 3 aliphatic rings. The zero-order valence-electron chi connectivity index (χ0n) is 39.4. The summed E-state index contributed by atoms with van der Waals surface area (Å²) >= 11 is 7.73. The lowest BCUT2D eigenvalue weighted by molar-refractivity contribution is -0.139. The number of halogens is 1. The van der Waals surface area contributed by atoms with Gasteiger partial charge in [-0.15, -0.1) is 11.3 Å². The predicted octanol–water partition coefficient (Wildman–Crippen LogP) is 5.99. The Kier molecular flexibility index (Phi) is 16.7. The quantitative estimate of drug-likeness (QED) is 0.0338. The number of aliphatic carboxylic acids is 1. The Hall–Kier alpha value is -6.55. The molecule has 4 heterocycles. The van der Waals surface area contributed by atoms with Crippen LogP contribution in [0, 0.1) is 0 Å². The minimum atomic E-state index is -3.70. The van der Waals surface area contributed by atoms with Gasteiger partial charge >= 0.3 is 11.9 Å². The maximum absolute atomic E-state index is 13.6. The molecule has 2 fully saturated rings. The third-order valence-electron chi connectivity index (χ3n) is 11.8. The summed E-state index contributed by atoms with van der Waals surface area (Å²) in [4.78, 5) is 89.0. The van der Waals surface area contributed by atoms with Crippen LogP contribution in [0.1, 0.15) is 96.9 Å². The van der Waals surface area contributed by atoms with E-state index in [1.807, 2.05) is 18.2 Å². The van der Waals surface area contributed by atoms with Gasteiger partial charge in [-0.1, -0.05) is 41.9 Å². The zero-order valence-corrected chi connectivity index (χ0v) is 41.8. The summed E-state index contributed by atoms with van der Waals surface area (Å²) in [5, 5.41) is 23.8. The molecule has 1 aromatic heterocycles. The van der Waals surface area contributed by atoms with E-state index in [1.165, 1.54) is 9.21 Å². The summed E-state index contributed by atoms with van der Waals surface area (Å²) < 4.78 is 39.6. The third kappa shape index (κ3) is 13.7. The molecule has 1 atom stereocenters. The van der Waals surface area contributed by atoms with E-state index in [4.69, 9.17) is 21.1 Å². The topological polar surface area (TPSA) is 259 Å². The van der Waals surface area contributed by atoms with Gasteiger partial charge in [-0.2, -0.15) is 0 Å². The average molecular weight is 1030 g/mol. The van der Waals surface area contributed by atoms with Crippen molar-refractivity contribution in [1.29, 1.82) is 0 Å². The Labute approximate surface area is 420 Å². The van der Waals surface area contributed by atoms with Crippen LogP contribution in [0.25, 0.3) is 10.4 Å². The molecule has 1 unspecified atom stereocenters. The molecule has 19 nitrogen and oxygen atoms in total. The van der Waals surface area contributed by atoms with Gasteiger partial charge < -0.3 is 40.7 Å². The molecule has 5 amide bonds. The van der Waals surface area contributed by atoms with Crippen molar-refractivity contribution in [2.24, 2.45) is 0 Å². The summed E-state index contributed by atoms with van der Waals surface area (Å²) in [7, 11) is -3.70. The fourth-order valence-corrected chi connectivity index (χ4v) is 11.4. The summed E-state index contributed by atoms with van der Waals surface area (Å²) in [5.41, 5.74) is 3.28. The van der Waals surface area contributed by atoms with Crippen molar-refractivity contribution in [3.05, 3.63) is 93.3 Å². The van der Waals surface area contributed by atoms with E-state index in [0.717, 1.165) is 17.0 Å². The number of anilines is 3. The van der Waals surface area contributed by atoms with Gasteiger partial charge in [-0.25, -0.2) is 22.3 Å². The summed E-state index contributed by atoms with van der Waals surface area (Å²) in [5.74, 6) is -3.94. The van der Waals surface area contributed by atoms with Gasteiger partial charge in [0.2, 0.25) is 33.7 Å². The minimum Gasteiger partial charge on any atom is -0.479 e. The number of unbranched alkanes of at least 4 members (excludes halogenated alkanes) is 1. The summed E-state index contributed by atoms with van der Waals surface area (Å²) in [6.07, 6.45) is 2.66. The number of ether oxygens (including phenoxy) is 2. The number of hydrogen-bond acceptors (Lipinski definition) is 14. The van der Waals surface area contributed by atoms with Crippen molar-refractivity contribution >= 4 is 91.5 Å². The van der Waals surface area contributed by atoms with Gasteiger partial charge in [0.05, 0.1) is 17.2 Å². The van der Waals surface area contributed by atoms with Crippen LogP contribution in [0.5, 0.6) is 5.75 Å². The molecule has 4 aromatic rings. The first-order valence-corrected chi connectivity index (χ1v) is 26.0. The molecule has 0 radical (unpaired) electrons. The number of carboxylic acid groups (broad SMARTS) is 1. The lowest BCUT2D eigenvalue weighted by atomic mass is 10.0. The van der Waals surface area contributed by atoms with E-state index in [9.17, 15) is 47.1 Å². The second-order valence-corrected chi connectivity index (χ2v) is 21.8.